The van der Waals surface area contributed by atoms with Gasteiger partial charge in [0, 0.05) is 6.42 Å². The van der Waals surface area contributed by atoms with E-state index >= 15 is 0 Å². The van der Waals surface area contributed by atoms with Crippen LogP contribution in [0.25, 0.3) is 0 Å². The van der Waals surface area contributed by atoms with Crippen LogP contribution in [0.4, 0.5) is 4.79 Å². The molecule has 0 aliphatic heterocycles. The van der Waals surface area contributed by atoms with Gasteiger partial charge in [0.2, 0.25) is 5.91 Å². The predicted molar refractivity (Wildman–Crippen MR) is 117 cm³/mol. The van der Waals surface area contributed by atoms with E-state index in [1.54, 1.807) is 45.0 Å². The molecule has 166 valence electrons. The zero-order valence-corrected chi connectivity index (χ0v) is 18.3. The van der Waals surface area contributed by atoms with Gasteiger partial charge in [-0.05, 0) is 38.8 Å². The number of carbonyl (C=O) groups is 3. The highest BCUT2D eigenvalue weighted by Crippen LogP contribution is 2.09. The highest BCUT2D eigenvalue weighted by atomic mass is 16.6. The monoisotopic (exact) mass is 427 g/mol. The van der Waals surface area contributed by atoms with E-state index in [4.69, 9.17) is 10.9 Å². The fraction of sp³-hybridized carbons (Fsp3) is 0.375. The van der Waals surface area contributed by atoms with Crippen molar-refractivity contribution in [3.05, 3.63) is 71.8 Å². The first-order chi connectivity index (χ1) is 15.1. The van der Waals surface area contributed by atoms with E-state index in [0.29, 0.717) is 5.31 Å². The second kappa shape index (κ2) is 11.2. The summed E-state index contributed by atoms with van der Waals surface area (Å²) in [6, 6.07) is 16.0. The summed E-state index contributed by atoms with van der Waals surface area (Å²) in [6.07, 6.45) is -0.867. The minimum Gasteiger partial charge on any atom is -0.459 e. The van der Waals surface area contributed by atoms with Crippen LogP contribution in [0.2, 0.25) is 1.41 Å². The van der Waals surface area contributed by atoms with Crippen molar-refractivity contribution >= 4 is 18.0 Å². The van der Waals surface area contributed by atoms with Crippen molar-refractivity contribution in [3.8, 4) is 0 Å². The van der Waals surface area contributed by atoms with Crippen molar-refractivity contribution in [2.45, 2.75) is 58.4 Å². The van der Waals surface area contributed by atoms with Crippen LogP contribution in [0.5, 0.6) is 0 Å². The summed E-state index contributed by atoms with van der Waals surface area (Å²) in [6.45, 7) is 6.60. The number of hydrogen-bond acceptors (Lipinski definition) is 5. The lowest BCUT2D eigenvalue weighted by atomic mass is 10.1. The van der Waals surface area contributed by atoms with Gasteiger partial charge in [-0.3, -0.25) is 4.79 Å². The molecule has 7 heteroatoms. The molecule has 0 aliphatic rings. The zero-order chi connectivity index (χ0) is 23.7. The van der Waals surface area contributed by atoms with E-state index in [9.17, 15) is 14.4 Å². The van der Waals surface area contributed by atoms with E-state index in [2.05, 4.69) is 5.32 Å². The summed E-state index contributed by atoms with van der Waals surface area (Å²) >= 11 is 0. The Morgan fingerprint density at radius 1 is 0.968 bits per heavy atom. The molecule has 0 saturated carbocycles. The normalized spacial score (nSPS) is 13.4. The van der Waals surface area contributed by atoms with Crippen LogP contribution in [0.15, 0.2) is 60.7 Å². The molecule has 2 amide bonds. The molecule has 7 nitrogen and oxygen atoms in total. The topological polar surface area (TPSA) is 93.7 Å². The van der Waals surface area contributed by atoms with Gasteiger partial charge in [0.25, 0.3) is 0 Å². The van der Waals surface area contributed by atoms with Crippen molar-refractivity contribution < 1.29 is 25.3 Å². The SMILES string of the molecule is [2H]N(C(=O)OC(C)(C)C)[C@H](Cc1ccccc1)C(=O)N[C@@H](C)C(=O)OCc1ccccc1. The van der Waals surface area contributed by atoms with Gasteiger partial charge in [0.15, 0.2) is 1.41 Å². The molecule has 2 rings (SSSR count). The van der Waals surface area contributed by atoms with Crippen LogP contribution < -0.4 is 10.6 Å². The molecule has 0 bridgehead atoms. The number of rotatable bonds is 8. The summed E-state index contributed by atoms with van der Waals surface area (Å²) in [4.78, 5) is 37.7. The van der Waals surface area contributed by atoms with Gasteiger partial charge in [-0.1, -0.05) is 60.7 Å². The van der Waals surface area contributed by atoms with Crippen LogP contribution in [0.3, 0.4) is 0 Å². The van der Waals surface area contributed by atoms with Gasteiger partial charge in [0.1, 0.15) is 24.3 Å². The molecule has 0 fully saturated rings. The Morgan fingerprint density at radius 3 is 2.06 bits per heavy atom. The lowest BCUT2D eigenvalue weighted by Crippen LogP contribution is -2.52. The van der Waals surface area contributed by atoms with Crippen molar-refractivity contribution in [3.63, 3.8) is 0 Å². The standard InChI is InChI=1S/C24H30N2O5/c1-17(22(28)30-16-19-13-9-6-10-14-19)25-21(27)20(15-18-11-7-5-8-12-18)26-23(29)31-24(2,3)4/h5-14,17,20H,15-16H2,1-4H3,(H,25,27)(H,26,29)/t17-,20+/m0/s1/i/hD. The van der Waals surface area contributed by atoms with E-state index in [0.717, 1.165) is 11.1 Å². The summed E-state index contributed by atoms with van der Waals surface area (Å²) < 4.78 is 18.7. The zero-order valence-electron chi connectivity index (χ0n) is 19.3. The Kier molecular flexibility index (Phi) is 8.04. The molecular weight excluding hydrogens is 396 g/mol. The van der Waals surface area contributed by atoms with E-state index in [1.807, 2.05) is 36.4 Å². The Hall–Kier alpha value is -3.35. The predicted octanol–water partition coefficient (Wildman–Crippen LogP) is 3.37. The van der Waals surface area contributed by atoms with E-state index in [-0.39, 0.29) is 13.0 Å². The van der Waals surface area contributed by atoms with Crippen LogP contribution in [0.1, 0.15) is 38.8 Å². The largest absolute Gasteiger partial charge is 0.459 e. The number of esters is 1. The van der Waals surface area contributed by atoms with E-state index in [1.165, 1.54) is 6.92 Å². The van der Waals surface area contributed by atoms with E-state index < -0.39 is 35.7 Å². The average molecular weight is 428 g/mol. The van der Waals surface area contributed by atoms with Gasteiger partial charge in [-0.2, -0.15) is 0 Å². The maximum atomic E-state index is 13.0. The summed E-state index contributed by atoms with van der Waals surface area (Å²) in [5, 5.41) is 3.06. The fourth-order valence-corrected chi connectivity index (χ4v) is 2.67. The van der Waals surface area contributed by atoms with Crippen LogP contribution >= 0.6 is 0 Å². The van der Waals surface area contributed by atoms with Crippen molar-refractivity contribution in [1.82, 2.24) is 10.6 Å². The molecule has 0 unspecified atom stereocenters. The molecule has 0 aliphatic carbocycles. The molecule has 0 spiro atoms. The minimum atomic E-state index is -1.20. The maximum Gasteiger partial charge on any atom is 0.408 e. The average Bonchev–Trinajstić information content (AvgIpc) is 2.75. The number of nitrogens with one attached hydrogen (secondary N) is 2. The molecule has 2 atom stereocenters. The van der Waals surface area contributed by atoms with Gasteiger partial charge in [-0.25, -0.2) is 9.59 Å². The Balaban J connectivity index is 2.07. The van der Waals surface area contributed by atoms with Gasteiger partial charge >= 0.3 is 12.1 Å². The Labute approximate surface area is 184 Å². The number of alkyl carbamates (subject to hydrolysis) is 1. The number of carbonyl (C=O) groups excluding carboxylic acids is 3. The van der Waals surface area contributed by atoms with Gasteiger partial charge in [-0.15, -0.1) is 0 Å². The highest BCUT2D eigenvalue weighted by Gasteiger charge is 2.27. The first-order valence-electron chi connectivity index (χ1n) is 10.6. The van der Waals surface area contributed by atoms with Crippen LogP contribution in [0, 0.1) is 0 Å². The second-order valence-electron chi connectivity index (χ2n) is 8.14. The minimum absolute atomic E-state index is 0.0792. The quantitative estimate of drug-likeness (QED) is 0.630. The molecule has 31 heavy (non-hydrogen) atoms. The molecule has 0 radical (unpaired) electrons. The molecule has 2 aromatic carbocycles. The third kappa shape index (κ3) is 8.90. The van der Waals surface area contributed by atoms with Gasteiger partial charge < -0.3 is 20.1 Å². The summed E-state index contributed by atoms with van der Waals surface area (Å²) in [5.74, 6) is -1.27. The number of benzene rings is 2. The molecular formula is C24H30N2O5. The number of ether oxygens (including phenoxy) is 2. The highest BCUT2D eigenvalue weighted by molar-refractivity contribution is 5.89. The van der Waals surface area contributed by atoms with Crippen LogP contribution in [-0.4, -0.2) is 35.7 Å². The maximum absolute atomic E-state index is 13.0. The van der Waals surface area contributed by atoms with Crippen molar-refractivity contribution in [2.75, 3.05) is 0 Å². The van der Waals surface area contributed by atoms with Crippen LogP contribution in [-0.2, 0) is 32.1 Å². The first-order valence-corrected chi connectivity index (χ1v) is 10.1. The second-order valence-corrected chi connectivity index (χ2v) is 8.14. The third-order valence-corrected chi connectivity index (χ3v) is 4.17. The first kappa shape index (κ1) is 22.3. The molecule has 0 saturated heterocycles. The Morgan fingerprint density at radius 2 is 1.52 bits per heavy atom. The lowest BCUT2D eigenvalue weighted by Gasteiger charge is -2.24. The molecule has 0 aromatic heterocycles. The van der Waals surface area contributed by atoms with Crippen molar-refractivity contribution in [2.24, 2.45) is 0 Å². The summed E-state index contributed by atoms with van der Waals surface area (Å²) in [7, 11) is 0. The molecule has 0 heterocycles. The molecule has 2 N–H and O–H groups in total. The lowest BCUT2D eigenvalue weighted by molar-refractivity contribution is -0.148. The third-order valence-electron chi connectivity index (χ3n) is 4.17. The number of amides is 2. The smallest absolute Gasteiger partial charge is 0.408 e. The molecule has 2 aromatic rings. The fourth-order valence-electron chi connectivity index (χ4n) is 2.67. The number of hydrogen-bond donors (Lipinski definition) is 2. The Bertz CT molecular complexity index is 900. The van der Waals surface area contributed by atoms with Gasteiger partial charge in [0.05, 0.1) is 0 Å². The summed E-state index contributed by atoms with van der Waals surface area (Å²) in [5.41, 5.74) is 0.759. The van der Waals surface area contributed by atoms with Crippen molar-refractivity contribution in [1.29, 1.82) is 0 Å².